The van der Waals surface area contributed by atoms with Crippen LogP contribution in [-0.4, -0.2) is 34.3 Å². The third-order valence-corrected chi connectivity index (χ3v) is 2.66. The van der Waals surface area contributed by atoms with Gasteiger partial charge < -0.3 is 5.73 Å². The number of rotatable bonds is 7. The van der Waals surface area contributed by atoms with E-state index in [1.165, 1.54) is 12.1 Å². The Morgan fingerprint density at radius 2 is 2.12 bits per heavy atom. The van der Waals surface area contributed by atoms with Crippen molar-refractivity contribution in [3.8, 4) is 0 Å². The van der Waals surface area contributed by atoms with Crippen molar-refractivity contribution in [1.29, 1.82) is 0 Å². The van der Waals surface area contributed by atoms with Crippen molar-refractivity contribution in [1.82, 2.24) is 14.7 Å². The van der Waals surface area contributed by atoms with Gasteiger partial charge in [-0.1, -0.05) is 6.92 Å². The maximum absolute atomic E-state index is 5.63. The third-order valence-electron chi connectivity index (χ3n) is 2.66. The van der Waals surface area contributed by atoms with Crippen LogP contribution in [0.2, 0.25) is 0 Å². The topological polar surface area (TPSA) is 47.1 Å². The van der Waals surface area contributed by atoms with Crippen LogP contribution in [0.25, 0.3) is 0 Å². The molecule has 0 bridgehead atoms. The molecule has 4 heteroatoms. The molecule has 92 valence electrons. The van der Waals surface area contributed by atoms with Crippen LogP contribution >= 0.6 is 0 Å². The van der Waals surface area contributed by atoms with Gasteiger partial charge in [-0.3, -0.25) is 9.58 Å². The quantitative estimate of drug-likeness (QED) is 0.761. The van der Waals surface area contributed by atoms with Crippen LogP contribution < -0.4 is 5.73 Å². The fourth-order valence-electron chi connectivity index (χ4n) is 2.00. The molecule has 0 saturated carbocycles. The van der Waals surface area contributed by atoms with Crippen LogP contribution in [0, 0.1) is 6.92 Å². The summed E-state index contributed by atoms with van der Waals surface area (Å²) in [4.78, 5) is 2.39. The minimum absolute atomic E-state index is 0.721. The molecule has 16 heavy (non-hydrogen) atoms. The summed E-state index contributed by atoms with van der Waals surface area (Å²) in [5.74, 6) is 0. The van der Waals surface area contributed by atoms with Crippen LogP contribution in [0.3, 0.4) is 0 Å². The molecule has 0 aromatic carbocycles. The van der Waals surface area contributed by atoms with Gasteiger partial charge in [0.1, 0.15) is 0 Å². The highest BCUT2D eigenvalue weighted by Gasteiger charge is 2.09. The Labute approximate surface area is 98.4 Å². The molecule has 0 unspecified atom stereocenters. The van der Waals surface area contributed by atoms with Gasteiger partial charge in [-0.05, 0) is 32.9 Å². The molecule has 0 saturated heterocycles. The highest BCUT2D eigenvalue weighted by atomic mass is 15.3. The Balaban J connectivity index is 2.67. The van der Waals surface area contributed by atoms with E-state index >= 15 is 0 Å². The predicted molar refractivity (Wildman–Crippen MR) is 67.3 cm³/mol. The first-order valence-electron chi connectivity index (χ1n) is 6.17. The summed E-state index contributed by atoms with van der Waals surface area (Å²) in [5, 5.41) is 4.46. The van der Waals surface area contributed by atoms with Crippen molar-refractivity contribution in [3.05, 3.63) is 17.5 Å². The Kier molecular flexibility index (Phi) is 5.49. The predicted octanol–water partition coefficient (Wildman–Crippen LogP) is 1.38. The summed E-state index contributed by atoms with van der Waals surface area (Å²) in [6.07, 6.45) is 1.17. The first-order valence-corrected chi connectivity index (χ1v) is 6.17. The van der Waals surface area contributed by atoms with E-state index in [-0.39, 0.29) is 0 Å². The molecule has 0 aliphatic carbocycles. The molecule has 2 N–H and O–H groups in total. The Morgan fingerprint density at radius 1 is 1.38 bits per heavy atom. The number of nitrogens with zero attached hydrogens (tertiary/aromatic N) is 3. The van der Waals surface area contributed by atoms with Crippen molar-refractivity contribution >= 4 is 0 Å². The normalized spacial score (nSPS) is 11.3. The highest BCUT2D eigenvalue weighted by molar-refractivity contribution is 5.08. The van der Waals surface area contributed by atoms with E-state index in [0.29, 0.717) is 0 Å². The lowest BCUT2D eigenvalue weighted by Gasteiger charge is -2.20. The lowest BCUT2D eigenvalue weighted by Crippen LogP contribution is -2.30. The molecule has 0 amide bonds. The SMILES string of the molecule is CCCN(CCN)Cc1cc(C)nn1CC. The third kappa shape index (κ3) is 3.61. The molecule has 0 atom stereocenters. The lowest BCUT2D eigenvalue weighted by molar-refractivity contribution is 0.265. The van der Waals surface area contributed by atoms with E-state index in [0.717, 1.165) is 38.4 Å². The molecule has 1 rings (SSSR count). The average molecular weight is 224 g/mol. The van der Waals surface area contributed by atoms with E-state index in [9.17, 15) is 0 Å². The van der Waals surface area contributed by atoms with Gasteiger partial charge in [-0.15, -0.1) is 0 Å². The summed E-state index contributed by atoms with van der Waals surface area (Å²) >= 11 is 0. The molecular formula is C12H24N4. The van der Waals surface area contributed by atoms with Crippen LogP contribution in [-0.2, 0) is 13.1 Å². The lowest BCUT2D eigenvalue weighted by atomic mass is 10.3. The largest absolute Gasteiger partial charge is 0.329 e. The summed E-state index contributed by atoms with van der Waals surface area (Å²) in [7, 11) is 0. The molecule has 0 aliphatic heterocycles. The molecule has 1 aromatic rings. The second kappa shape index (κ2) is 6.66. The second-order valence-corrected chi connectivity index (χ2v) is 4.16. The molecular weight excluding hydrogens is 200 g/mol. The molecule has 1 heterocycles. The van der Waals surface area contributed by atoms with Crippen LogP contribution in [0.1, 0.15) is 31.7 Å². The van der Waals surface area contributed by atoms with Gasteiger partial charge in [-0.25, -0.2) is 0 Å². The maximum Gasteiger partial charge on any atom is 0.0597 e. The van der Waals surface area contributed by atoms with Gasteiger partial charge in [0.25, 0.3) is 0 Å². The summed E-state index contributed by atoms with van der Waals surface area (Å²) in [6, 6.07) is 2.17. The zero-order valence-corrected chi connectivity index (χ0v) is 10.7. The molecule has 0 fully saturated rings. The van der Waals surface area contributed by atoms with Crippen molar-refractivity contribution in [2.45, 2.75) is 40.3 Å². The van der Waals surface area contributed by atoms with Crippen LogP contribution in [0.4, 0.5) is 0 Å². The van der Waals surface area contributed by atoms with Crippen LogP contribution in [0.5, 0.6) is 0 Å². The first-order chi connectivity index (χ1) is 7.71. The maximum atomic E-state index is 5.63. The van der Waals surface area contributed by atoms with Crippen molar-refractivity contribution < 1.29 is 0 Å². The number of aryl methyl sites for hydroxylation is 2. The molecule has 0 aliphatic rings. The first kappa shape index (κ1) is 13.2. The summed E-state index contributed by atoms with van der Waals surface area (Å²) in [5.41, 5.74) is 8.02. The van der Waals surface area contributed by atoms with E-state index in [2.05, 4.69) is 34.6 Å². The summed E-state index contributed by atoms with van der Waals surface area (Å²) in [6.45, 7) is 11.1. The number of hydrogen-bond donors (Lipinski definition) is 1. The second-order valence-electron chi connectivity index (χ2n) is 4.16. The van der Waals surface area contributed by atoms with E-state index in [1.807, 2.05) is 6.92 Å². The van der Waals surface area contributed by atoms with Crippen molar-refractivity contribution in [2.24, 2.45) is 5.73 Å². The van der Waals surface area contributed by atoms with Gasteiger partial charge in [0, 0.05) is 26.2 Å². The van der Waals surface area contributed by atoms with E-state index in [4.69, 9.17) is 5.73 Å². The van der Waals surface area contributed by atoms with E-state index in [1.54, 1.807) is 0 Å². The molecule has 0 spiro atoms. The minimum atomic E-state index is 0.721. The Morgan fingerprint density at radius 3 is 2.69 bits per heavy atom. The minimum Gasteiger partial charge on any atom is -0.329 e. The molecule has 4 nitrogen and oxygen atoms in total. The number of hydrogen-bond acceptors (Lipinski definition) is 3. The van der Waals surface area contributed by atoms with Gasteiger partial charge in [0.15, 0.2) is 0 Å². The zero-order valence-electron chi connectivity index (χ0n) is 10.7. The van der Waals surface area contributed by atoms with E-state index < -0.39 is 0 Å². The Bertz CT molecular complexity index is 300. The summed E-state index contributed by atoms with van der Waals surface area (Å²) < 4.78 is 2.08. The average Bonchev–Trinajstić information content (AvgIpc) is 2.59. The van der Waals surface area contributed by atoms with Crippen molar-refractivity contribution in [2.75, 3.05) is 19.6 Å². The van der Waals surface area contributed by atoms with Crippen molar-refractivity contribution in [3.63, 3.8) is 0 Å². The van der Waals surface area contributed by atoms with Crippen LogP contribution in [0.15, 0.2) is 6.07 Å². The van der Waals surface area contributed by atoms with Gasteiger partial charge in [0.2, 0.25) is 0 Å². The number of aromatic nitrogens is 2. The molecule has 0 radical (unpaired) electrons. The standard InChI is InChI=1S/C12H24N4/c1-4-7-15(8-6-13)10-12-9-11(3)14-16(12)5-2/h9H,4-8,10,13H2,1-3H3. The van der Waals surface area contributed by atoms with Gasteiger partial charge in [0.05, 0.1) is 11.4 Å². The monoisotopic (exact) mass is 224 g/mol. The van der Waals surface area contributed by atoms with Gasteiger partial charge >= 0.3 is 0 Å². The number of nitrogens with two attached hydrogens (primary N) is 1. The smallest absolute Gasteiger partial charge is 0.0597 e. The molecule has 1 aromatic heterocycles. The Hall–Kier alpha value is -0.870. The highest BCUT2D eigenvalue weighted by Crippen LogP contribution is 2.07. The fraction of sp³-hybridized carbons (Fsp3) is 0.750. The zero-order chi connectivity index (χ0) is 12.0. The van der Waals surface area contributed by atoms with Gasteiger partial charge in [-0.2, -0.15) is 5.10 Å². The fourth-order valence-corrected chi connectivity index (χ4v) is 2.00.